The molecule has 0 saturated heterocycles. The SMILES string of the molecule is C#Cc1ccc(C(O)C(O)CCNC(=O)OCc2ccccc2)cc1. The van der Waals surface area contributed by atoms with Crippen LogP contribution in [0.25, 0.3) is 0 Å². The molecule has 2 atom stereocenters. The van der Waals surface area contributed by atoms with Crippen molar-refractivity contribution < 1.29 is 19.7 Å². The molecule has 3 N–H and O–H groups in total. The smallest absolute Gasteiger partial charge is 0.407 e. The van der Waals surface area contributed by atoms with Gasteiger partial charge in [0.2, 0.25) is 0 Å². The molecule has 2 aromatic rings. The van der Waals surface area contributed by atoms with Crippen LogP contribution in [-0.2, 0) is 11.3 Å². The fourth-order valence-electron chi connectivity index (χ4n) is 2.25. The molecule has 5 heteroatoms. The number of aliphatic hydroxyl groups is 2. The van der Waals surface area contributed by atoms with Crippen LogP contribution in [0.1, 0.15) is 29.2 Å². The van der Waals surface area contributed by atoms with Gasteiger partial charge in [0.15, 0.2) is 0 Å². The molecule has 0 aliphatic rings. The lowest BCUT2D eigenvalue weighted by atomic mass is 10.0. The summed E-state index contributed by atoms with van der Waals surface area (Å²) >= 11 is 0. The third-order valence-corrected chi connectivity index (χ3v) is 3.71. The number of nitrogens with one attached hydrogen (secondary N) is 1. The third kappa shape index (κ3) is 5.96. The zero-order valence-corrected chi connectivity index (χ0v) is 13.8. The first kappa shape index (κ1) is 18.5. The van der Waals surface area contributed by atoms with E-state index in [-0.39, 0.29) is 19.6 Å². The van der Waals surface area contributed by atoms with Gasteiger partial charge in [-0.2, -0.15) is 0 Å². The van der Waals surface area contributed by atoms with E-state index in [9.17, 15) is 15.0 Å². The molecule has 0 saturated carbocycles. The van der Waals surface area contributed by atoms with Crippen LogP contribution in [0.15, 0.2) is 54.6 Å². The van der Waals surface area contributed by atoms with Gasteiger partial charge in [-0.15, -0.1) is 6.42 Å². The second-order valence-corrected chi connectivity index (χ2v) is 5.56. The van der Waals surface area contributed by atoms with Crippen LogP contribution in [0, 0.1) is 12.3 Å². The summed E-state index contributed by atoms with van der Waals surface area (Å²) in [5.41, 5.74) is 2.16. The average molecular weight is 339 g/mol. The molecular formula is C20H21NO4. The Morgan fingerprint density at radius 3 is 2.44 bits per heavy atom. The van der Waals surface area contributed by atoms with Crippen LogP contribution in [0.5, 0.6) is 0 Å². The van der Waals surface area contributed by atoms with Gasteiger partial charge in [0.1, 0.15) is 12.7 Å². The monoisotopic (exact) mass is 339 g/mol. The molecule has 2 aromatic carbocycles. The summed E-state index contributed by atoms with van der Waals surface area (Å²) < 4.78 is 5.07. The standard InChI is InChI=1S/C20H21NO4/c1-2-15-8-10-17(11-9-15)19(23)18(22)12-13-21-20(24)25-14-16-6-4-3-5-7-16/h1,3-11,18-19,22-23H,12-14H2,(H,21,24). The molecular weight excluding hydrogens is 318 g/mol. The molecule has 0 aliphatic heterocycles. The van der Waals surface area contributed by atoms with Gasteiger partial charge >= 0.3 is 6.09 Å². The van der Waals surface area contributed by atoms with Crippen LogP contribution < -0.4 is 5.32 Å². The minimum absolute atomic E-state index is 0.180. The summed E-state index contributed by atoms with van der Waals surface area (Å²) in [6.45, 7) is 0.369. The second-order valence-electron chi connectivity index (χ2n) is 5.56. The summed E-state index contributed by atoms with van der Waals surface area (Å²) in [6.07, 6.45) is 2.85. The molecule has 0 heterocycles. The predicted molar refractivity (Wildman–Crippen MR) is 94.6 cm³/mol. The van der Waals surface area contributed by atoms with Crippen LogP contribution in [0.3, 0.4) is 0 Å². The van der Waals surface area contributed by atoms with Crippen LogP contribution in [0.2, 0.25) is 0 Å². The number of aliphatic hydroxyl groups excluding tert-OH is 2. The number of hydrogen-bond acceptors (Lipinski definition) is 4. The highest BCUT2D eigenvalue weighted by atomic mass is 16.5. The molecule has 1 amide bonds. The van der Waals surface area contributed by atoms with Crippen molar-refractivity contribution in [1.82, 2.24) is 5.32 Å². The number of alkyl carbamates (subject to hydrolysis) is 1. The lowest BCUT2D eigenvalue weighted by molar-refractivity contribution is 0.0136. The van der Waals surface area contributed by atoms with Gasteiger partial charge < -0.3 is 20.3 Å². The Morgan fingerprint density at radius 1 is 1.12 bits per heavy atom. The first-order chi connectivity index (χ1) is 12.1. The molecule has 0 radical (unpaired) electrons. The van der Waals surface area contributed by atoms with Gasteiger partial charge in [-0.3, -0.25) is 0 Å². The molecule has 2 unspecified atom stereocenters. The number of amides is 1. The minimum atomic E-state index is -1.05. The van der Waals surface area contributed by atoms with Gasteiger partial charge in [0.05, 0.1) is 6.10 Å². The molecule has 25 heavy (non-hydrogen) atoms. The first-order valence-electron chi connectivity index (χ1n) is 7.97. The highest BCUT2D eigenvalue weighted by Gasteiger charge is 2.18. The fraction of sp³-hybridized carbons (Fsp3) is 0.250. The van der Waals surface area contributed by atoms with Crippen molar-refractivity contribution >= 4 is 6.09 Å². The molecule has 130 valence electrons. The predicted octanol–water partition coefficient (Wildman–Crippen LogP) is 2.38. The minimum Gasteiger partial charge on any atom is -0.445 e. The lowest BCUT2D eigenvalue weighted by Gasteiger charge is -2.18. The van der Waals surface area contributed by atoms with Gasteiger partial charge in [-0.25, -0.2) is 4.79 Å². The summed E-state index contributed by atoms with van der Waals surface area (Å²) in [7, 11) is 0. The van der Waals surface area contributed by atoms with E-state index in [4.69, 9.17) is 11.2 Å². The number of ether oxygens (including phenoxy) is 1. The maximum absolute atomic E-state index is 11.6. The number of hydrogen-bond donors (Lipinski definition) is 3. The second kappa shape index (κ2) is 9.48. The Bertz CT molecular complexity index is 707. The number of benzene rings is 2. The van der Waals surface area contributed by atoms with Crippen LogP contribution in [0.4, 0.5) is 4.79 Å². The van der Waals surface area contributed by atoms with Crippen LogP contribution in [-0.4, -0.2) is 29.0 Å². The van der Waals surface area contributed by atoms with E-state index in [1.54, 1.807) is 24.3 Å². The topological polar surface area (TPSA) is 78.8 Å². The van der Waals surface area contributed by atoms with Crippen molar-refractivity contribution in [3.05, 3.63) is 71.3 Å². The lowest BCUT2D eigenvalue weighted by Crippen LogP contribution is -2.29. The first-order valence-corrected chi connectivity index (χ1v) is 7.97. The largest absolute Gasteiger partial charge is 0.445 e. The van der Waals surface area contributed by atoms with Gasteiger partial charge in [0.25, 0.3) is 0 Å². The van der Waals surface area contributed by atoms with E-state index in [1.165, 1.54) is 0 Å². The van der Waals surface area contributed by atoms with Gasteiger partial charge in [-0.05, 0) is 29.7 Å². The maximum atomic E-state index is 11.6. The Morgan fingerprint density at radius 2 is 1.80 bits per heavy atom. The van der Waals surface area contributed by atoms with E-state index < -0.39 is 18.3 Å². The van der Waals surface area contributed by atoms with Crippen molar-refractivity contribution in [3.8, 4) is 12.3 Å². The molecule has 5 nitrogen and oxygen atoms in total. The fourth-order valence-corrected chi connectivity index (χ4v) is 2.25. The zero-order chi connectivity index (χ0) is 18.1. The maximum Gasteiger partial charge on any atom is 0.407 e. The number of rotatable bonds is 7. The number of terminal acetylenes is 1. The van der Waals surface area contributed by atoms with Crippen molar-refractivity contribution in [2.75, 3.05) is 6.54 Å². The van der Waals surface area contributed by atoms with Crippen molar-refractivity contribution in [2.24, 2.45) is 0 Å². The summed E-state index contributed by atoms with van der Waals surface area (Å²) in [4.78, 5) is 11.6. The van der Waals surface area contributed by atoms with Crippen molar-refractivity contribution in [1.29, 1.82) is 0 Å². The van der Waals surface area contributed by atoms with E-state index in [2.05, 4.69) is 11.2 Å². The van der Waals surface area contributed by atoms with Gasteiger partial charge in [0, 0.05) is 12.1 Å². The Hall–Kier alpha value is -2.81. The Balaban J connectivity index is 1.71. The highest BCUT2D eigenvalue weighted by Crippen LogP contribution is 2.19. The van der Waals surface area contributed by atoms with Crippen LogP contribution >= 0.6 is 0 Å². The molecule has 0 aromatic heterocycles. The molecule has 0 bridgehead atoms. The molecule has 0 fully saturated rings. The van der Waals surface area contributed by atoms with E-state index in [1.807, 2.05) is 30.3 Å². The van der Waals surface area contributed by atoms with E-state index in [0.717, 1.165) is 5.56 Å². The molecule has 2 rings (SSSR count). The van der Waals surface area contributed by atoms with Gasteiger partial charge in [-0.1, -0.05) is 48.4 Å². The molecule has 0 aliphatic carbocycles. The third-order valence-electron chi connectivity index (χ3n) is 3.71. The van der Waals surface area contributed by atoms with Crippen molar-refractivity contribution in [3.63, 3.8) is 0 Å². The summed E-state index contributed by atoms with van der Waals surface area (Å²) in [6, 6.07) is 16.1. The Labute approximate surface area is 147 Å². The van der Waals surface area contributed by atoms with E-state index >= 15 is 0 Å². The normalized spacial score (nSPS) is 12.7. The van der Waals surface area contributed by atoms with E-state index in [0.29, 0.717) is 11.1 Å². The Kier molecular flexibility index (Phi) is 7.02. The quantitative estimate of drug-likeness (QED) is 0.677. The van der Waals surface area contributed by atoms with Crippen molar-refractivity contribution in [2.45, 2.75) is 25.2 Å². The number of carbonyl (C=O) groups excluding carboxylic acids is 1. The number of carbonyl (C=O) groups is 1. The highest BCUT2D eigenvalue weighted by molar-refractivity contribution is 5.67. The summed E-state index contributed by atoms with van der Waals surface area (Å²) in [5, 5.41) is 22.7. The average Bonchev–Trinajstić information content (AvgIpc) is 2.66. The molecule has 0 spiro atoms. The zero-order valence-electron chi connectivity index (χ0n) is 13.8. The summed E-state index contributed by atoms with van der Waals surface area (Å²) in [5.74, 6) is 2.49.